The van der Waals surface area contributed by atoms with Crippen LogP contribution in [0.3, 0.4) is 0 Å². The van der Waals surface area contributed by atoms with E-state index in [9.17, 15) is 9.90 Å². The van der Waals surface area contributed by atoms with Crippen molar-refractivity contribution < 1.29 is 19.4 Å². The van der Waals surface area contributed by atoms with E-state index in [1.165, 1.54) is 12.1 Å². The third kappa shape index (κ3) is 5.28. The quantitative estimate of drug-likeness (QED) is 0.547. The van der Waals surface area contributed by atoms with Crippen molar-refractivity contribution in [1.29, 1.82) is 0 Å². The molecule has 6 nitrogen and oxygen atoms in total. The van der Waals surface area contributed by atoms with Gasteiger partial charge in [-0.1, -0.05) is 30.1 Å². The number of nitrogens with one attached hydrogen (secondary N) is 1. The maximum absolute atomic E-state index is 11.9. The zero-order valence-corrected chi connectivity index (χ0v) is 15.8. The summed E-state index contributed by atoms with van der Waals surface area (Å²) in [6.07, 6.45) is 0.448. The normalized spacial score (nSPS) is 11.2. The number of amides is 1. The first-order valence-corrected chi connectivity index (χ1v) is 8.50. The molecule has 0 spiro atoms. The second-order valence-electron chi connectivity index (χ2n) is 5.20. The molecular formula is C18H18Cl2N2O4. The highest BCUT2D eigenvalue weighted by Crippen LogP contribution is 2.32. The number of hydrazone groups is 1. The van der Waals surface area contributed by atoms with Crippen LogP contribution in [0.25, 0.3) is 0 Å². The van der Waals surface area contributed by atoms with E-state index in [1.54, 1.807) is 31.4 Å². The van der Waals surface area contributed by atoms with Gasteiger partial charge in [0.05, 0.1) is 17.8 Å². The van der Waals surface area contributed by atoms with E-state index in [0.29, 0.717) is 34.2 Å². The van der Waals surface area contributed by atoms with Crippen molar-refractivity contribution >= 4 is 34.8 Å². The molecule has 2 aromatic carbocycles. The lowest BCUT2D eigenvalue weighted by molar-refractivity contribution is -0.123. The summed E-state index contributed by atoms with van der Waals surface area (Å²) in [6.45, 7) is 1.61. The summed E-state index contributed by atoms with van der Waals surface area (Å²) in [6, 6.07) is 9.80. The van der Waals surface area contributed by atoms with E-state index < -0.39 is 5.91 Å². The van der Waals surface area contributed by atoms with E-state index in [0.717, 1.165) is 0 Å². The summed E-state index contributed by atoms with van der Waals surface area (Å²) < 4.78 is 10.4. The van der Waals surface area contributed by atoms with Gasteiger partial charge in [-0.2, -0.15) is 5.10 Å². The smallest absolute Gasteiger partial charge is 0.277 e. The van der Waals surface area contributed by atoms with Gasteiger partial charge in [0.1, 0.15) is 17.2 Å². The molecule has 0 radical (unpaired) electrons. The Kier molecular flexibility index (Phi) is 7.12. The van der Waals surface area contributed by atoms with Gasteiger partial charge in [-0.05, 0) is 42.8 Å². The minimum absolute atomic E-state index is 0.114. The predicted octanol–water partition coefficient (Wildman–Crippen LogP) is 4.02. The van der Waals surface area contributed by atoms with E-state index in [1.807, 2.05) is 6.92 Å². The predicted molar refractivity (Wildman–Crippen MR) is 102 cm³/mol. The van der Waals surface area contributed by atoms with Gasteiger partial charge in [0.25, 0.3) is 5.91 Å². The Balaban J connectivity index is 2.00. The Labute approximate surface area is 161 Å². The Bertz CT molecular complexity index is 808. The molecule has 26 heavy (non-hydrogen) atoms. The summed E-state index contributed by atoms with van der Waals surface area (Å²) in [4.78, 5) is 11.9. The van der Waals surface area contributed by atoms with Crippen molar-refractivity contribution in [3.63, 3.8) is 0 Å². The molecule has 0 aliphatic rings. The number of nitrogens with zero attached hydrogens (tertiary/aromatic N) is 1. The largest absolute Gasteiger partial charge is 0.506 e. The van der Waals surface area contributed by atoms with Gasteiger partial charge in [-0.25, -0.2) is 5.43 Å². The Morgan fingerprint density at radius 2 is 1.85 bits per heavy atom. The number of benzene rings is 2. The number of aromatic hydroxyl groups is 1. The molecule has 0 fully saturated rings. The zero-order chi connectivity index (χ0) is 19.1. The fraction of sp³-hybridized carbons (Fsp3) is 0.222. The van der Waals surface area contributed by atoms with Crippen molar-refractivity contribution in [2.45, 2.75) is 13.3 Å². The lowest BCUT2D eigenvalue weighted by Gasteiger charge is -2.10. The van der Waals surface area contributed by atoms with Gasteiger partial charge in [-0.15, -0.1) is 0 Å². The molecular weight excluding hydrogens is 379 g/mol. The van der Waals surface area contributed by atoms with Crippen molar-refractivity contribution in [3.8, 4) is 17.2 Å². The zero-order valence-electron chi connectivity index (χ0n) is 14.3. The Hall–Kier alpha value is -2.44. The molecule has 0 saturated heterocycles. The maximum atomic E-state index is 11.9. The molecule has 0 bridgehead atoms. The fourth-order valence-electron chi connectivity index (χ4n) is 2.10. The maximum Gasteiger partial charge on any atom is 0.277 e. The van der Waals surface area contributed by atoms with Crippen molar-refractivity contribution in [2.75, 3.05) is 13.7 Å². The molecule has 0 aromatic heterocycles. The third-order valence-electron chi connectivity index (χ3n) is 3.42. The number of phenolic OH excluding ortho intramolecular Hbond substituents is 1. The van der Waals surface area contributed by atoms with E-state index in [-0.39, 0.29) is 17.4 Å². The minimum Gasteiger partial charge on any atom is -0.506 e. The van der Waals surface area contributed by atoms with Crippen LogP contribution in [0.2, 0.25) is 10.0 Å². The van der Waals surface area contributed by atoms with E-state index in [4.69, 9.17) is 32.7 Å². The molecule has 0 aliphatic heterocycles. The Morgan fingerprint density at radius 1 is 1.19 bits per heavy atom. The van der Waals surface area contributed by atoms with Gasteiger partial charge in [0.15, 0.2) is 6.61 Å². The highest BCUT2D eigenvalue weighted by Gasteiger charge is 2.13. The highest BCUT2D eigenvalue weighted by atomic mass is 35.5. The van der Waals surface area contributed by atoms with Crippen molar-refractivity contribution in [2.24, 2.45) is 5.10 Å². The molecule has 2 rings (SSSR count). The number of methoxy groups -OCH3 is 1. The lowest BCUT2D eigenvalue weighted by Crippen LogP contribution is -2.26. The summed E-state index contributed by atoms with van der Waals surface area (Å²) in [7, 11) is 1.57. The van der Waals surface area contributed by atoms with E-state index >= 15 is 0 Å². The van der Waals surface area contributed by atoms with Crippen LogP contribution in [-0.4, -0.2) is 30.4 Å². The third-order valence-corrected chi connectivity index (χ3v) is 3.93. The molecule has 1 amide bonds. The first-order valence-electron chi connectivity index (χ1n) is 7.75. The average molecular weight is 397 g/mol. The lowest BCUT2D eigenvalue weighted by atomic mass is 10.1. The monoisotopic (exact) mass is 396 g/mol. The van der Waals surface area contributed by atoms with Crippen molar-refractivity contribution in [1.82, 2.24) is 5.43 Å². The topological polar surface area (TPSA) is 80.2 Å². The van der Waals surface area contributed by atoms with Gasteiger partial charge in [0, 0.05) is 10.6 Å². The van der Waals surface area contributed by atoms with Crippen LogP contribution >= 0.6 is 23.2 Å². The second kappa shape index (κ2) is 9.31. The molecule has 2 aromatic rings. The van der Waals surface area contributed by atoms with Gasteiger partial charge in [-0.3, -0.25) is 4.79 Å². The minimum atomic E-state index is -0.445. The molecule has 0 aliphatic carbocycles. The van der Waals surface area contributed by atoms with Crippen LogP contribution < -0.4 is 14.9 Å². The van der Waals surface area contributed by atoms with Crippen LogP contribution in [0.4, 0.5) is 0 Å². The summed E-state index contributed by atoms with van der Waals surface area (Å²) in [5.41, 5.74) is 3.19. The van der Waals surface area contributed by atoms with Crippen LogP contribution in [0.5, 0.6) is 17.2 Å². The molecule has 8 heteroatoms. The van der Waals surface area contributed by atoms with Crippen LogP contribution in [0, 0.1) is 0 Å². The van der Waals surface area contributed by atoms with Crippen molar-refractivity contribution in [3.05, 3.63) is 52.0 Å². The van der Waals surface area contributed by atoms with Gasteiger partial charge >= 0.3 is 0 Å². The number of hydrogen-bond acceptors (Lipinski definition) is 5. The molecule has 0 saturated carbocycles. The fourth-order valence-corrected chi connectivity index (χ4v) is 2.59. The van der Waals surface area contributed by atoms with Crippen LogP contribution in [-0.2, 0) is 4.79 Å². The van der Waals surface area contributed by atoms with Crippen LogP contribution in [0.15, 0.2) is 41.5 Å². The molecule has 0 unspecified atom stereocenters. The van der Waals surface area contributed by atoms with Crippen LogP contribution in [0.1, 0.15) is 18.9 Å². The summed E-state index contributed by atoms with van der Waals surface area (Å²) in [5.74, 6) is 0.638. The number of carbonyl (C=O) groups is 1. The molecule has 2 N–H and O–H groups in total. The average Bonchev–Trinajstić information content (AvgIpc) is 2.64. The molecule has 0 heterocycles. The number of ether oxygens (including phenoxy) is 2. The number of hydrogen-bond donors (Lipinski definition) is 2. The first-order chi connectivity index (χ1) is 12.4. The molecule has 0 atom stereocenters. The highest BCUT2D eigenvalue weighted by molar-refractivity contribution is 6.36. The number of carbonyl (C=O) groups excluding carboxylic acids is 1. The first kappa shape index (κ1) is 19.9. The van der Waals surface area contributed by atoms with Gasteiger partial charge in [0.2, 0.25) is 0 Å². The number of phenols is 1. The second-order valence-corrected chi connectivity index (χ2v) is 6.04. The summed E-state index contributed by atoms with van der Waals surface area (Å²) >= 11 is 11.9. The number of rotatable bonds is 7. The van der Waals surface area contributed by atoms with Gasteiger partial charge < -0.3 is 14.6 Å². The SMILES string of the molecule is CC/C(=N\NC(=O)COc1ccc(OC)cc1)c1cc(Cl)cc(Cl)c1O. The van der Waals surface area contributed by atoms with E-state index in [2.05, 4.69) is 10.5 Å². The Morgan fingerprint density at radius 3 is 2.46 bits per heavy atom. The summed E-state index contributed by atoms with van der Waals surface area (Å²) in [5, 5.41) is 14.6. The molecule has 138 valence electrons. The standard InChI is InChI=1S/C18H18Cl2N2O4/c1-3-16(14-8-11(19)9-15(20)18(14)24)21-22-17(23)10-26-13-6-4-12(25-2)5-7-13/h4-9,24H,3,10H2,1-2H3,(H,22,23)/b21-16+. The number of halogens is 2.